The Bertz CT molecular complexity index is 1280. The van der Waals surface area contributed by atoms with E-state index in [0.717, 1.165) is 56.0 Å². The summed E-state index contributed by atoms with van der Waals surface area (Å²) in [6, 6.07) is 4.21. The van der Waals surface area contributed by atoms with Crippen LogP contribution in [0.3, 0.4) is 0 Å². The van der Waals surface area contributed by atoms with Gasteiger partial charge < -0.3 is 10.5 Å². The van der Waals surface area contributed by atoms with Gasteiger partial charge in [0.05, 0.1) is 28.4 Å². The standard InChI is InChI=1S/C21H23N5O2S2/c1-26-19-14(11-24-26)8-13(10-23-19)16-9-15(12-4-5-12)17-18(22)21(29-20(17)25-16)30(27)7-3-6-28-2/h8-12H,3-7,22H2,1-2H3. The molecule has 1 fully saturated rings. The molecule has 4 heterocycles. The number of thiophene rings is 1. The van der Waals surface area contributed by atoms with Crippen molar-refractivity contribution in [3.05, 3.63) is 30.1 Å². The van der Waals surface area contributed by atoms with Crippen LogP contribution in [0.15, 0.2) is 28.7 Å². The summed E-state index contributed by atoms with van der Waals surface area (Å²) >= 11 is 1.45. The van der Waals surface area contributed by atoms with Crippen LogP contribution in [0.4, 0.5) is 5.69 Å². The molecular weight excluding hydrogens is 418 g/mol. The normalized spacial score (nSPS) is 15.3. The number of methoxy groups -OCH3 is 1. The number of nitrogen functional groups attached to an aromatic ring is 1. The van der Waals surface area contributed by atoms with Gasteiger partial charge >= 0.3 is 0 Å². The van der Waals surface area contributed by atoms with Crippen LogP contribution >= 0.6 is 11.3 Å². The molecule has 1 atom stereocenters. The lowest BCUT2D eigenvalue weighted by Gasteiger charge is -2.07. The Morgan fingerprint density at radius 3 is 2.93 bits per heavy atom. The summed E-state index contributed by atoms with van der Waals surface area (Å²) in [6.45, 7) is 0.593. The van der Waals surface area contributed by atoms with E-state index in [1.165, 1.54) is 16.9 Å². The molecule has 0 saturated heterocycles. The minimum atomic E-state index is -1.15. The molecule has 4 aromatic heterocycles. The van der Waals surface area contributed by atoms with E-state index < -0.39 is 10.8 Å². The lowest BCUT2D eigenvalue weighted by atomic mass is 10.0. The van der Waals surface area contributed by atoms with E-state index >= 15 is 0 Å². The first kappa shape index (κ1) is 19.6. The van der Waals surface area contributed by atoms with Gasteiger partial charge in [-0.1, -0.05) is 0 Å². The summed E-state index contributed by atoms with van der Waals surface area (Å²) in [5.74, 6) is 1.04. The molecule has 2 N–H and O–H groups in total. The van der Waals surface area contributed by atoms with E-state index in [-0.39, 0.29) is 0 Å². The zero-order valence-electron chi connectivity index (χ0n) is 16.9. The summed E-state index contributed by atoms with van der Waals surface area (Å²) in [5.41, 5.74) is 11.0. The average molecular weight is 442 g/mol. The van der Waals surface area contributed by atoms with Gasteiger partial charge in [0.2, 0.25) is 0 Å². The molecule has 1 aliphatic carbocycles. The monoisotopic (exact) mass is 441 g/mol. The van der Waals surface area contributed by atoms with Crippen molar-refractivity contribution in [2.45, 2.75) is 29.4 Å². The second-order valence-corrected chi connectivity index (χ2v) is 10.4. The molecule has 0 spiro atoms. The molecule has 5 rings (SSSR count). The zero-order chi connectivity index (χ0) is 20.8. The molecule has 0 aromatic carbocycles. The van der Waals surface area contributed by atoms with Crippen LogP contribution in [0.2, 0.25) is 0 Å². The van der Waals surface area contributed by atoms with Crippen LogP contribution in [0.5, 0.6) is 0 Å². The average Bonchev–Trinajstić information content (AvgIpc) is 3.46. The molecule has 7 nitrogen and oxygen atoms in total. The largest absolute Gasteiger partial charge is 0.396 e. The third-order valence-corrected chi connectivity index (χ3v) is 8.46. The number of nitrogens with two attached hydrogens (primary N) is 1. The molecule has 1 unspecified atom stereocenters. The van der Waals surface area contributed by atoms with Crippen molar-refractivity contribution in [3.63, 3.8) is 0 Å². The molecule has 30 heavy (non-hydrogen) atoms. The smallest absolute Gasteiger partial charge is 0.157 e. The molecule has 0 radical (unpaired) electrons. The van der Waals surface area contributed by atoms with Gasteiger partial charge in [0.1, 0.15) is 9.04 Å². The molecule has 156 valence electrons. The number of aryl methyl sites for hydroxylation is 1. The molecule has 0 bridgehead atoms. The van der Waals surface area contributed by atoms with Crippen molar-refractivity contribution >= 4 is 49.1 Å². The van der Waals surface area contributed by atoms with Gasteiger partial charge in [-0.2, -0.15) is 5.10 Å². The molecule has 9 heteroatoms. The molecule has 1 aliphatic rings. The Morgan fingerprint density at radius 1 is 1.33 bits per heavy atom. The number of ether oxygens (including phenoxy) is 1. The van der Waals surface area contributed by atoms with E-state index in [9.17, 15) is 4.21 Å². The predicted octanol–water partition coefficient (Wildman–Crippen LogP) is 3.85. The maximum Gasteiger partial charge on any atom is 0.157 e. The maximum atomic E-state index is 12.8. The third kappa shape index (κ3) is 3.40. The highest BCUT2D eigenvalue weighted by molar-refractivity contribution is 7.87. The summed E-state index contributed by atoms with van der Waals surface area (Å²) in [5, 5.41) is 6.24. The van der Waals surface area contributed by atoms with Gasteiger partial charge in [0, 0.05) is 49.0 Å². The highest BCUT2D eigenvalue weighted by Crippen LogP contribution is 2.48. The quantitative estimate of drug-likeness (QED) is 0.438. The third-order valence-electron chi connectivity index (χ3n) is 5.46. The fraction of sp³-hybridized carbons (Fsp3) is 0.381. The minimum absolute atomic E-state index is 0.496. The van der Waals surface area contributed by atoms with Crippen molar-refractivity contribution in [2.75, 3.05) is 25.2 Å². The summed E-state index contributed by atoms with van der Waals surface area (Å²) < 4.78 is 20.4. The first-order valence-corrected chi connectivity index (χ1v) is 12.1. The Hall–Kier alpha value is -2.36. The molecule has 4 aromatic rings. The number of anilines is 1. The summed E-state index contributed by atoms with van der Waals surface area (Å²) in [7, 11) is 2.39. The van der Waals surface area contributed by atoms with Gasteiger partial charge in [0.15, 0.2) is 5.65 Å². The Morgan fingerprint density at radius 2 is 2.17 bits per heavy atom. The number of nitrogens with zero attached hydrogens (tertiary/aromatic N) is 4. The number of pyridine rings is 2. The zero-order valence-corrected chi connectivity index (χ0v) is 18.6. The van der Waals surface area contributed by atoms with Crippen LogP contribution in [-0.2, 0) is 22.6 Å². The molecule has 1 saturated carbocycles. The first-order valence-electron chi connectivity index (χ1n) is 9.95. The summed E-state index contributed by atoms with van der Waals surface area (Å²) in [6.07, 6.45) is 6.70. The van der Waals surface area contributed by atoms with E-state index in [1.807, 2.05) is 19.4 Å². The summed E-state index contributed by atoms with van der Waals surface area (Å²) in [4.78, 5) is 10.3. The van der Waals surface area contributed by atoms with Gasteiger partial charge in [-0.3, -0.25) is 8.89 Å². The molecular formula is C21H23N5O2S2. The Labute approximate surface area is 180 Å². The van der Waals surface area contributed by atoms with Crippen molar-refractivity contribution in [2.24, 2.45) is 7.05 Å². The van der Waals surface area contributed by atoms with E-state index in [1.54, 1.807) is 11.8 Å². The lowest BCUT2D eigenvalue weighted by molar-refractivity contribution is 0.200. The second-order valence-electron chi connectivity index (χ2n) is 7.66. The van der Waals surface area contributed by atoms with Crippen molar-refractivity contribution < 1.29 is 8.95 Å². The first-order chi connectivity index (χ1) is 14.6. The number of fused-ring (bicyclic) bond motifs is 2. The van der Waals surface area contributed by atoms with Crippen LogP contribution in [0.25, 0.3) is 32.5 Å². The van der Waals surface area contributed by atoms with E-state index in [2.05, 4.69) is 22.2 Å². The fourth-order valence-corrected chi connectivity index (χ4v) is 6.41. The maximum absolute atomic E-state index is 12.8. The van der Waals surface area contributed by atoms with Gasteiger partial charge in [-0.15, -0.1) is 11.3 Å². The Balaban J connectivity index is 1.61. The van der Waals surface area contributed by atoms with Crippen LogP contribution in [0, 0.1) is 0 Å². The predicted molar refractivity (Wildman–Crippen MR) is 121 cm³/mol. The van der Waals surface area contributed by atoms with Crippen LogP contribution in [0.1, 0.15) is 30.7 Å². The molecule has 0 amide bonds. The van der Waals surface area contributed by atoms with Crippen molar-refractivity contribution in [1.82, 2.24) is 19.7 Å². The SMILES string of the molecule is COCCCS(=O)c1sc2nc(-c3cnc4c(cnn4C)c3)cc(C3CC3)c2c1N. The highest BCUT2D eigenvalue weighted by Gasteiger charge is 2.29. The number of aromatic nitrogens is 4. The van der Waals surface area contributed by atoms with Gasteiger partial charge in [-0.25, -0.2) is 9.97 Å². The van der Waals surface area contributed by atoms with Crippen molar-refractivity contribution in [3.8, 4) is 11.3 Å². The van der Waals surface area contributed by atoms with E-state index in [0.29, 0.717) is 24.0 Å². The second kappa shape index (κ2) is 7.72. The van der Waals surface area contributed by atoms with Crippen LogP contribution < -0.4 is 5.73 Å². The minimum Gasteiger partial charge on any atom is -0.396 e. The van der Waals surface area contributed by atoms with Gasteiger partial charge in [0.25, 0.3) is 0 Å². The van der Waals surface area contributed by atoms with Gasteiger partial charge in [-0.05, 0) is 42.9 Å². The van der Waals surface area contributed by atoms with Crippen molar-refractivity contribution in [1.29, 1.82) is 0 Å². The fourth-order valence-electron chi connectivity index (χ4n) is 3.77. The van der Waals surface area contributed by atoms with E-state index in [4.69, 9.17) is 15.5 Å². The lowest BCUT2D eigenvalue weighted by Crippen LogP contribution is -2.02. The number of rotatable bonds is 7. The topological polar surface area (TPSA) is 95.9 Å². The Kier molecular flexibility index (Phi) is 5.04. The molecule has 0 aliphatic heterocycles. The number of hydrogen-bond acceptors (Lipinski definition) is 7. The number of hydrogen-bond donors (Lipinski definition) is 1. The highest BCUT2D eigenvalue weighted by atomic mass is 32.2. The van der Waals surface area contributed by atoms with Crippen LogP contribution in [-0.4, -0.2) is 43.4 Å².